The number of amides is 1. The van der Waals surface area contributed by atoms with Crippen molar-refractivity contribution in [3.8, 4) is 0 Å². The van der Waals surface area contributed by atoms with E-state index in [1.165, 1.54) is 0 Å². The van der Waals surface area contributed by atoms with E-state index >= 15 is 0 Å². The summed E-state index contributed by atoms with van der Waals surface area (Å²) in [6, 6.07) is 12.7. The second-order valence-corrected chi connectivity index (χ2v) is 6.33. The van der Waals surface area contributed by atoms with Crippen LogP contribution in [0.2, 0.25) is 10.0 Å². The van der Waals surface area contributed by atoms with E-state index in [0.717, 1.165) is 30.4 Å². The van der Waals surface area contributed by atoms with E-state index in [1.54, 1.807) is 18.2 Å². The first-order valence-electron chi connectivity index (χ1n) is 7.82. The average Bonchev–Trinajstić information content (AvgIpc) is 2.92. The van der Waals surface area contributed by atoms with Crippen LogP contribution in [0.25, 0.3) is 11.0 Å². The van der Waals surface area contributed by atoms with E-state index in [0.29, 0.717) is 21.6 Å². The fraction of sp³-hybridized carbons (Fsp3) is 0.222. The van der Waals surface area contributed by atoms with Crippen molar-refractivity contribution < 1.29 is 4.79 Å². The summed E-state index contributed by atoms with van der Waals surface area (Å²) in [5, 5.41) is 3.65. The van der Waals surface area contributed by atoms with E-state index in [-0.39, 0.29) is 5.91 Å². The molecular weight excluding hydrogens is 345 g/mol. The summed E-state index contributed by atoms with van der Waals surface area (Å²) in [7, 11) is 0. The number of nitrogens with one attached hydrogen (secondary N) is 1. The highest BCUT2D eigenvalue weighted by Crippen LogP contribution is 2.24. The molecule has 1 amide bonds. The van der Waals surface area contributed by atoms with Crippen LogP contribution in [0.15, 0.2) is 42.5 Å². The molecule has 1 aromatic heterocycles. The van der Waals surface area contributed by atoms with Crippen LogP contribution < -0.4 is 5.32 Å². The predicted octanol–water partition coefficient (Wildman–Crippen LogP) is 5.40. The van der Waals surface area contributed by atoms with Crippen molar-refractivity contribution in [1.82, 2.24) is 9.55 Å². The fourth-order valence-corrected chi connectivity index (χ4v) is 2.82. The maximum atomic E-state index is 12.5. The van der Waals surface area contributed by atoms with Gasteiger partial charge in [-0.15, -0.1) is 0 Å². The molecule has 0 spiro atoms. The molecule has 0 aliphatic carbocycles. The number of hydrogen-bond acceptors (Lipinski definition) is 2. The minimum Gasteiger partial charge on any atom is -0.310 e. The van der Waals surface area contributed by atoms with Crippen LogP contribution in [0.4, 0.5) is 5.95 Å². The van der Waals surface area contributed by atoms with Gasteiger partial charge >= 0.3 is 0 Å². The molecule has 1 N–H and O–H groups in total. The molecule has 0 bridgehead atoms. The summed E-state index contributed by atoms with van der Waals surface area (Å²) < 4.78 is 2.04. The van der Waals surface area contributed by atoms with Crippen LogP contribution in [-0.2, 0) is 6.54 Å². The molecule has 2 aromatic carbocycles. The molecule has 0 fully saturated rings. The van der Waals surface area contributed by atoms with Crippen molar-refractivity contribution in [2.24, 2.45) is 0 Å². The van der Waals surface area contributed by atoms with Crippen molar-refractivity contribution in [2.45, 2.75) is 26.3 Å². The summed E-state index contributed by atoms with van der Waals surface area (Å²) in [4.78, 5) is 17.1. The summed E-state index contributed by atoms with van der Waals surface area (Å²) >= 11 is 11.9. The molecule has 24 heavy (non-hydrogen) atoms. The standard InChI is InChI=1S/C18H17Cl2N3O/c1-2-3-10-23-16-7-5-4-6-15(16)21-18(23)22-17(24)12-8-9-13(19)14(20)11-12/h4-9,11H,2-3,10H2,1H3,(H,21,22,24). The first-order chi connectivity index (χ1) is 11.6. The van der Waals surface area contributed by atoms with E-state index < -0.39 is 0 Å². The zero-order valence-electron chi connectivity index (χ0n) is 13.2. The summed E-state index contributed by atoms with van der Waals surface area (Å²) in [5.41, 5.74) is 2.31. The Hall–Kier alpha value is -2.04. The Morgan fingerprint density at radius 1 is 1.17 bits per heavy atom. The molecule has 0 aliphatic rings. The second-order valence-electron chi connectivity index (χ2n) is 5.51. The number of hydrogen-bond donors (Lipinski definition) is 1. The highest BCUT2D eigenvalue weighted by Gasteiger charge is 2.14. The van der Waals surface area contributed by atoms with Gasteiger partial charge in [0.1, 0.15) is 0 Å². The number of aromatic nitrogens is 2. The number of nitrogens with zero attached hydrogens (tertiary/aromatic N) is 2. The minimum atomic E-state index is -0.262. The van der Waals surface area contributed by atoms with Crippen LogP contribution in [0, 0.1) is 0 Å². The Morgan fingerprint density at radius 3 is 2.71 bits per heavy atom. The minimum absolute atomic E-state index is 0.262. The number of benzene rings is 2. The van der Waals surface area contributed by atoms with Gasteiger partial charge in [0.25, 0.3) is 5.91 Å². The lowest BCUT2D eigenvalue weighted by molar-refractivity contribution is 0.102. The summed E-state index contributed by atoms with van der Waals surface area (Å²) in [6.45, 7) is 2.93. The summed E-state index contributed by atoms with van der Waals surface area (Å²) in [5.74, 6) is 0.280. The Bertz CT molecular complexity index is 889. The van der Waals surface area contributed by atoms with Gasteiger partial charge in [-0.2, -0.15) is 0 Å². The van der Waals surface area contributed by atoms with Crippen molar-refractivity contribution in [3.63, 3.8) is 0 Å². The van der Waals surface area contributed by atoms with Gasteiger partial charge < -0.3 is 4.57 Å². The smallest absolute Gasteiger partial charge is 0.258 e. The lowest BCUT2D eigenvalue weighted by Gasteiger charge is -2.10. The SMILES string of the molecule is CCCCn1c(NC(=O)c2ccc(Cl)c(Cl)c2)nc2ccccc21. The molecule has 0 atom stereocenters. The summed E-state index contributed by atoms with van der Waals surface area (Å²) in [6.07, 6.45) is 2.07. The number of halogens is 2. The van der Waals surface area contributed by atoms with Gasteiger partial charge in [-0.25, -0.2) is 4.98 Å². The van der Waals surface area contributed by atoms with E-state index in [2.05, 4.69) is 17.2 Å². The highest BCUT2D eigenvalue weighted by atomic mass is 35.5. The lowest BCUT2D eigenvalue weighted by Crippen LogP contribution is -2.16. The number of carbonyl (C=O) groups is 1. The monoisotopic (exact) mass is 361 g/mol. The maximum absolute atomic E-state index is 12.5. The van der Waals surface area contributed by atoms with Crippen LogP contribution in [-0.4, -0.2) is 15.5 Å². The largest absolute Gasteiger partial charge is 0.310 e. The molecule has 0 saturated heterocycles. The van der Waals surface area contributed by atoms with Crippen molar-refractivity contribution in [3.05, 3.63) is 58.1 Å². The number of imidazole rings is 1. The second kappa shape index (κ2) is 7.24. The van der Waals surface area contributed by atoms with Gasteiger partial charge in [0.15, 0.2) is 0 Å². The molecule has 0 unspecified atom stereocenters. The normalized spacial score (nSPS) is 11.0. The van der Waals surface area contributed by atoms with Crippen molar-refractivity contribution >= 4 is 46.1 Å². The fourth-order valence-electron chi connectivity index (χ4n) is 2.52. The topological polar surface area (TPSA) is 46.9 Å². The molecule has 124 valence electrons. The van der Waals surface area contributed by atoms with Gasteiger partial charge in [0, 0.05) is 12.1 Å². The van der Waals surface area contributed by atoms with Crippen LogP contribution in [0.1, 0.15) is 30.1 Å². The molecule has 0 aliphatic heterocycles. The number of anilines is 1. The first kappa shape index (κ1) is 16.8. The number of para-hydroxylation sites is 2. The van der Waals surface area contributed by atoms with Gasteiger partial charge in [-0.1, -0.05) is 48.7 Å². The number of carbonyl (C=O) groups excluding carboxylic acids is 1. The van der Waals surface area contributed by atoms with Gasteiger partial charge in [0.2, 0.25) is 5.95 Å². The molecular formula is C18H17Cl2N3O. The van der Waals surface area contributed by atoms with E-state index in [9.17, 15) is 4.79 Å². The third kappa shape index (κ3) is 3.40. The first-order valence-corrected chi connectivity index (χ1v) is 8.57. The number of aryl methyl sites for hydroxylation is 1. The zero-order valence-corrected chi connectivity index (χ0v) is 14.7. The van der Waals surface area contributed by atoms with E-state index in [1.807, 2.05) is 28.8 Å². The average molecular weight is 362 g/mol. The molecule has 3 rings (SSSR count). The lowest BCUT2D eigenvalue weighted by atomic mass is 10.2. The third-order valence-corrected chi connectivity index (χ3v) is 4.54. The molecule has 6 heteroatoms. The number of rotatable bonds is 5. The maximum Gasteiger partial charge on any atom is 0.258 e. The van der Waals surface area contributed by atoms with Crippen molar-refractivity contribution in [1.29, 1.82) is 0 Å². The Kier molecular flexibility index (Phi) is 5.07. The van der Waals surface area contributed by atoms with Crippen LogP contribution >= 0.6 is 23.2 Å². The molecule has 1 heterocycles. The van der Waals surface area contributed by atoms with Gasteiger partial charge in [0.05, 0.1) is 21.1 Å². The quantitative estimate of drug-likeness (QED) is 0.661. The molecule has 0 saturated carbocycles. The highest BCUT2D eigenvalue weighted by molar-refractivity contribution is 6.42. The van der Waals surface area contributed by atoms with Crippen LogP contribution in [0.3, 0.4) is 0 Å². The predicted molar refractivity (Wildman–Crippen MR) is 99.1 cm³/mol. The zero-order chi connectivity index (χ0) is 17.1. The Balaban J connectivity index is 1.93. The van der Waals surface area contributed by atoms with Gasteiger partial charge in [-0.3, -0.25) is 10.1 Å². The van der Waals surface area contributed by atoms with Gasteiger partial charge in [-0.05, 0) is 36.8 Å². The molecule has 0 radical (unpaired) electrons. The van der Waals surface area contributed by atoms with Crippen LogP contribution in [0.5, 0.6) is 0 Å². The third-order valence-electron chi connectivity index (χ3n) is 3.80. The molecule has 4 nitrogen and oxygen atoms in total. The Morgan fingerprint density at radius 2 is 1.96 bits per heavy atom. The number of fused-ring (bicyclic) bond motifs is 1. The van der Waals surface area contributed by atoms with Crippen molar-refractivity contribution in [2.75, 3.05) is 5.32 Å². The van der Waals surface area contributed by atoms with E-state index in [4.69, 9.17) is 23.2 Å². The molecule has 3 aromatic rings. The number of unbranched alkanes of at least 4 members (excludes halogenated alkanes) is 1. The Labute approximate surface area is 150 Å².